The van der Waals surface area contributed by atoms with Crippen molar-refractivity contribution in [2.24, 2.45) is 0 Å². The Bertz CT molecular complexity index is 176. The van der Waals surface area contributed by atoms with Crippen molar-refractivity contribution in [2.75, 3.05) is 32.1 Å². The van der Waals surface area contributed by atoms with Gasteiger partial charge in [0.2, 0.25) is 0 Å². The third-order valence-electron chi connectivity index (χ3n) is 1.21. The van der Waals surface area contributed by atoms with Crippen LogP contribution in [0, 0.1) is 0 Å². The second kappa shape index (κ2) is 8.39. The molecule has 0 aromatic heterocycles. The van der Waals surface area contributed by atoms with E-state index in [-0.39, 0.29) is 11.2 Å². The summed E-state index contributed by atoms with van der Waals surface area (Å²) in [7, 11) is -3.66. The number of morpholine rings is 1. The van der Waals surface area contributed by atoms with Crippen molar-refractivity contribution in [1.82, 2.24) is 5.32 Å². The maximum Gasteiger partial charge on any atom is 0.264 e. The highest BCUT2D eigenvalue weighted by Crippen LogP contribution is 1.76. The van der Waals surface area contributed by atoms with E-state index in [1.165, 1.54) is 6.92 Å². The zero-order valence-corrected chi connectivity index (χ0v) is 8.43. The molecule has 0 saturated carbocycles. The van der Waals surface area contributed by atoms with E-state index in [1.54, 1.807) is 0 Å². The Morgan fingerprint density at radius 2 is 1.77 bits per heavy atom. The number of rotatable bonds is 1. The molecule has 0 aliphatic carbocycles. The molecule has 1 fully saturated rings. The Labute approximate surface area is 78.3 Å². The molecule has 0 aromatic carbocycles. The molecule has 4 N–H and O–H groups in total. The molecule has 0 unspecified atom stereocenters. The van der Waals surface area contributed by atoms with Gasteiger partial charge < -0.3 is 15.5 Å². The molecule has 0 spiro atoms. The number of nitrogens with one attached hydrogen (secondary N) is 1. The topological polar surface area (TPSA) is 107 Å². The van der Waals surface area contributed by atoms with Crippen LogP contribution in [0.15, 0.2) is 0 Å². The van der Waals surface area contributed by atoms with E-state index in [0.717, 1.165) is 26.3 Å². The van der Waals surface area contributed by atoms with Crippen molar-refractivity contribution in [3.05, 3.63) is 0 Å². The lowest BCUT2D eigenvalue weighted by Crippen LogP contribution is -2.30. The predicted octanol–water partition coefficient (Wildman–Crippen LogP) is -1.32. The van der Waals surface area contributed by atoms with Gasteiger partial charge >= 0.3 is 0 Å². The van der Waals surface area contributed by atoms with Crippen LogP contribution < -0.4 is 5.32 Å². The predicted molar refractivity (Wildman–Crippen MR) is 49.4 cm³/mol. The monoisotopic (exact) mass is 215 g/mol. The second-order valence-electron chi connectivity index (χ2n) is 2.23. The van der Waals surface area contributed by atoms with Gasteiger partial charge in [0.1, 0.15) is 0 Å². The smallest absolute Gasteiger partial charge is 0.264 e. The van der Waals surface area contributed by atoms with E-state index in [0.29, 0.717) is 0 Å². The fourth-order valence-electron chi connectivity index (χ4n) is 0.516. The van der Waals surface area contributed by atoms with Crippen LogP contribution in [0.25, 0.3) is 0 Å². The van der Waals surface area contributed by atoms with Crippen LogP contribution in [0.1, 0.15) is 6.92 Å². The highest BCUT2D eigenvalue weighted by atomic mass is 32.2. The summed E-state index contributed by atoms with van der Waals surface area (Å²) >= 11 is 0. The van der Waals surface area contributed by atoms with E-state index in [4.69, 9.17) is 9.29 Å². The lowest BCUT2D eigenvalue weighted by atomic mass is 10.5. The van der Waals surface area contributed by atoms with Gasteiger partial charge in [-0.15, -0.1) is 0 Å². The summed E-state index contributed by atoms with van der Waals surface area (Å²) in [5.74, 6) is -0.201. The quantitative estimate of drug-likeness (QED) is 0.527. The van der Waals surface area contributed by atoms with Crippen LogP contribution in [0.3, 0.4) is 0 Å². The molecule has 82 valence electrons. The van der Waals surface area contributed by atoms with Crippen LogP contribution >= 0.6 is 0 Å². The first-order chi connectivity index (χ1) is 5.56. The zero-order valence-electron chi connectivity index (χ0n) is 7.62. The van der Waals surface area contributed by atoms with Crippen LogP contribution in [0.2, 0.25) is 0 Å². The van der Waals surface area contributed by atoms with E-state index in [1.807, 2.05) is 0 Å². The fraction of sp³-hybridized carbons (Fsp3) is 1.00. The highest BCUT2D eigenvalue weighted by molar-refractivity contribution is 7.85. The Hall–Kier alpha value is -0.210. The first-order valence-electron chi connectivity index (χ1n) is 3.80. The molecule has 1 aliphatic heterocycles. The first-order valence-corrected chi connectivity index (χ1v) is 5.41. The standard InChI is InChI=1S/C4H9NO.C2H6O3S.H2O/c1-3-6-4-2-5-1;1-2-6(3,4)5;/h5H,1-4H2;2H2,1H3,(H,3,4,5);1H2. The minimum Gasteiger partial charge on any atom is -0.412 e. The van der Waals surface area contributed by atoms with E-state index in [2.05, 4.69) is 5.32 Å². The summed E-state index contributed by atoms with van der Waals surface area (Å²) in [6, 6.07) is 0. The average Bonchev–Trinajstić information content (AvgIpc) is 2.07. The van der Waals surface area contributed by atoms with Crippen LogP contribution in [0.4, 0.5) is 0 Å². The SMILES string of the molecule is C1COCCN1.CCS(=O)(=O)O.O. The molecule has 1 heterocycles. The van der Waals surface area contributed by atoms with Crippen molar-refractivity contribution < 1.29 is 23.2 Å². The number of ether oxygens (including phenoxy) is 1. The third-order valence-corrected chi connectivity index (χ3v) is 1.94. The maximum absolute atomic E-state index is 9.56. The van der Waals surface area contributed by atoms with Gasteiger partial charge in [0, 0.05) is 13.1 Å². The molecule has 13 heavy (non-hydrogen) atoms. The summed E-state index contributed by atoms with van der Waals surface area (Å²) < 4.78 is 31.9. The van der Waals surface area contributed by atoms with Gasteiger partial charge in [0.15, 0.2) is 0 Å². The first kappa shape index (κ1) is 15.3. The van der Waals surface area contributed by atoms with Crippen molar-refractivity contribution in [2.45, 2.75) is 6.92 Å². The van der Waals surface area contributed by atoms with Crippen molar-refractivity contribution in [3.8, 4) is 0 Å². The van der Waals surface area contributed by atoms with Crippen LogP contribution in [0.5, 0.6) is 0 Å². The van der Waals surface area contributed by atoms with E-state index in [9.17, 15) is 8.42 Å². The Morgan fingerprint density at radius 1 is 1.38 bits per heavy atom. The second-order valence-corrected chi connectivity index (χ2v) is 3.97. The third kappa shape index (κ3) is 14.6. The summed E-state index contributed by atoms with van der Waals surface area (Å²) in [6.45, 7) is 5.20. The van der Waals surface area contributed by atoms with Gasteiger partial charge in [-0.1, -0.05) is 0 Å². The molecule has 1 aliphatic rings. The lowest BCUT2D eigenvalue weighted by molar-refractivity contribution is 0.109. The molecule has 1 rings (SSSR count). The van der Waals surface area contributed by atoms with Gasteiger partial charge in [0.25, 0.3) is 10.1 Å². The maximum atomic E-state index is 9.56. The van der Waals surface area contributed by atoms with Crippen molar-refractivity contribution in [1.29, 1.82) is 0 Å². The largest absolute Gasteiger partial charge is 0.412 e. The van der Waals surface area contributed by atoms with Crippen LogP contribution in [-0.4, -0.2) is 50.5 Å². The molecule has 7 heteroatoms. The van der Waals surface area contributed by atoms with Gasteiger partial charge in [-0.25, -0.2) is 0 Å². The molecular weight excluding hydrogens is 198 g/mol. The average molecular weight is 215 g/mol. The van der Waals surface area contributed by atoms with Gasteiger partial charge in [0.05, 0.1) is 19.0 Å². The Morgan fingerprint density at radius 3 is 1.85 bits per heavy atom. The van der Waals surface area contributed by atoms with Gasteiger partial charge in [-0.3, -0.25) is 4.55 Å². The number of hydrogen-bond acceptors (Lipinski definition) is 4. The zero-order chi connectivity index (χ0) is 9.45. The van der Waals surface area contributed by atoms with E-state index < -0.39 is 10.1 Å². The van der Waals surface area contributed by atoms with Gasteiger partial charge in [-0.05, 0) is 6.92 Å². The minimum atomic E-state index is -3.66. The Kier molecular flexibility index (Phi) is 9.86. The molecule has 0 aromatic rings. The fourth-order valence-corrected chi connectivity index (χ4v) is 0.516. The molecular formula is C6H17NO5S. The minimum absolute atomic E-state index is 0. The summed E-state index contributed by atoms with van der Waals surface area (Å²) in [5.41, 5.74) is 0. The summed E-state index contributed by atoms with van der Waals surface area (Å²) in [6.07, 6.45) is 0. The molecule has 1 saturated heterocycles. The van der Waals surface area contributed by atoms with Gasteiger partial charge in [-0.2, -0.15) is 8.42 Å². The van der Waals surface area contributed by atoms with E-state index >= 15 is 0 Å². The number of hydrogen-bond donors (Lipinski definition) is 2. The summed E-state index contributed by atoms with van der Waals surface area (Å²) in [5, 5.41) is 3.16. The molecule has 6 nitrogen and oxygen atoms in total. The molecule has 0 bridgehead atoms. The molecule has 0 radical (unpaired) electrons. The molecule has 0 atom stereocenters. The summed E-state index contributed by atoms with van der Waals surface area (Å²) in [4.78, 5) is 0. The molecule has 0 amide bonds. The highest BCUT2D eigenvalue weighted by Gasteiger charge is 1.93. The lowest BCUT2D eigenvalue weighted by Gasteiger charge is -2.10. The van der Waals surface area contributed by atoms with Crippen molar-refractivity contribution in [3.63, 3.8) is 0 Å². The normalized spacial score (nSPS) is 16.5. The Balaban J connectivity index is 0. The van der Waals surface area contributed by atoms with Crippen LogP contribution in [-0.2, 0) is 14.9 Å². The van der Waals surface area contributed by atoms with Crippen molar-refractivity contribution >= 4 is 10.1 Å².